The molecule has 0 saturated heterocycles. The van der Waals surface area contributed by atoms with E-state index in [0.717, 1.165) is 11.1 Å². The van der Waals surface area contributed by atoms with Crippen LogP contribution in [0.15, 0.2) is 42.5 Å². The van der Waals surface area contributed by atoms with Crippen molar-refractivity contribution in [1.29, 1.82) is 0 Å². The monoisotopic (exact) mass is 383 g/mol. The Kier molecular flexibility index (Phi) is 5.54. The van der Waals surface area contributed by atoms with Crippen molar-refractivity contribution < 1.29 is 24.5 Å². The van der Waals surface area contributed by atoms with Gasteiger partial charge in [0.05, 0.1) is 6.10 Å². The molecule has 6 heteroatoms. The molecule has 1 amide bonds. The van der Waals surface area contributed by atoms with E-state index in [4.69, 9.17) is 4.74 Å². The van der Waals surface area contributed by atoms with Crippen molar-refractivity contribution in [3.63, 3.8) is 0 Å². The number of rotatable bonds is 5. The van der Waals surface area contributed by atoms with E-state index in [1.807, 2.05) is 18.2 Å². The lowest BCUT2D eigenvalue weighted by molar-refractivity contribution is 0.0123. The number of hydrogen-bond acceptors (Lipinski definition) is 5. The normalized spacial score (nSPS) is 14.8. The third-order valence-corrected chi connectivity index (χ3v) is 4.56. The fraction of sp³-hybridized carbons (Fsp3) is 0.364. The molecule has 3 N–H and O–H groups in total. The highest BCUT2D eigenvalue weighted by Gasteiger charge is 2.28. The molecule has 2 atom stereocenters. The highest BCUT2D eigenvalue weighted by Crippen LogP contribution is 2.37. The molecule has 28 heavy (non-hydrogen) atoms. The van der Waals surface area contributed by atoms with E-state index >= 15 is 0 Å². The number of carbonyl (C=O) groups is 2. The summed E-state index contributed by atoms with van der Waals surface area (Å²) in [6.07, 6.45) is -2.68. The second kappa shape index (κ2) is 7.73. The largest absolute Gasteiger partial charge is 0.444 e. The first-order valence-electron chi connectivity index (χ1n) is 9.28. The molecular weight excluding hydrogens is 358 g/mol. The second-order valence-electron chi connectivity index (χ2n) is 7.91. The van der Waals surface area contributed by atoms with Crippen LogP contribution in [0, 0.1) is 0 Å². The molecule has 1 aliphatic rings. The zero-order chi connectivity index (χ0) is 20.5. The Hall–Kier alpha value is -2.70. The van der Waals surface area contributed by atoms with Crippen LogP contribution in [0.2, 0.25) is 0 Å². The van der Waals surface area contributed by atoms with Gasteiger partial charge in [-0.3, -0.25) is 4.79 Å². The number of carbonyl (C=O) groups excluding carboxylic acids is 2. The van der Waals surface area contributed by atoms with Crippen LogP contribution in [-0.2, 0) is 4.74 Å². The number of ketones is 1. The van der Waals surface area contributed by atoms with E-state index in [1.165, 1.54) is 0 Å². The van der Waals surface area contributed by atoms with Crippen LogP contribution in [-0.4, -0.2) is 40.3 Å². The zero-order valence-electron chi connectivity index (χ0n) is 16.2. The van der Waals surface area contributed by atoms with E-state index in [-0.39, 0.29) is 18.7 Å². The Bertz CT molecular complexity index is 900. The van der Waals surface area contributed by atoms with E-state index in [9.17, 15) is 19.8 Å². The predicted molar refractivity (Wildman–Crippen MR) is 105 cm³/mol. The van der Waals surface area contributed by atoms with E-state index in [1.54, 1.807) is 45.0 Å². The molecule has 0 aliphatic heterocycles. The van der Waals surface area contributed by atoms with Gasteiger partial charge in [0.25, 0.3) is 0 Å². The van der Waals surface area contributed by atoms with E-state index < -0.39 is 23.9 Å². The highest BCUT2D eigenvalue weighted by atomic mass is 16.6. The SMILES string of the molecule is CC(C)(C)OC(=O)NCCC(O)C(O)c1ccc2c(c1)C(=O)c1ccccc1-2. The third kappa shape index (κ3) is 4.24. The summed E-state index contributed by atoms with van der Waals surface area (Å²) in [5, 5.41) is 23.3. The van der Waals surface area contributed by atoms with Gasteiger partial charge < -0.3 is 20.3 Å². The molecule has 2 aromatic carbocycles. The first kappa shape index (κ1) is 20.0. The van der Waals surface area contributed by atoms with Crippen LogP contribution < -0.4 is 5.32 Å². The maximum absolute atomic E-state index is 12.6. The Balaban J connectivity index is 1.63. The quantitative estimate of drug-likeness (QED) is 0.629. The Morgan fingerprint density at radius 3 is 2.36 bits per heavy atom. The Morgan fingerprint density at radius 1 is 1.04 bits per heavy atom. The van der Waals surface area contributed by atoms with Crippen LogP contribution in [0.4, 0.5) is 4.79 Å². The lowest BCUT2D eigenvalue weighted by Crippen LogP contribution is -2.34. The van der Waals surface area contributed by atoms with Crippen molar-refractivity contribution >= 4 is 11.9 Å². The predicted octanol–water partition coefficient (Wildman–Crippen LogP) is 3.21. The van der Waals surface area contributed by atoms with Gasteiger partial charge >= 0.3 is 6.09 Å². The number of benzene rings is 2. The van der Waals surface area contributed by atoms with Crippen LogP contribution in [0.5, 0.6) is 0 Å². The Morgan fingerprint density at radius 2 is 1.68 bits per heavy atom. The standard InChI is InChI=1S/C22H25NO5/c1-22(2,3)28-21(27)23-11-10-18(24)19(25)13-8-9-15-14-6-4-5-7-16(14)20(26)17(15)12-13/h4-9,12,18-19,24-25H,10-11H2,1-3H3,(H,23,27). The maximum atomic E-state index is 12.6. The van der Waals surface area contributed by atoms with Gasteiger partial charge in [-0.1, -0.05) is 36.4 Å². The van der Waals surface area contributed by atoms with Gasteiger partial charge in [-0.15, -0.1) is 0 Å². The molecule has 1 aliphatic carbocycles. The van der Waals surface area contributed by atoms with Crippen molar-refractivity contribution in [1.82, 2.24) is 5.32 Å². The Labute approximate surface area is 164 Å². The van der Waals surface area contributed by atoms with Crippen molar-refractivity contribution in [2.45, 2.75) is 45.0 Å². The molecule has 0 spiro atoms. The van der Waals surface area contributed by atoms with Gasteiger partial charge in [0.1, 0.15) is 11.7 Å². The summed E-state index contributed by atoms with van der Waals surface area (Å²) >= 11 is 0. The molecule has 0 fully saturated rings. The average molecular weight is 383 g/mol. The minimum Gasteiger partial charge on any atom is -0.444 e. The first-order valence-corrected chi connectivity index (χ1v) is 9.28. The van der Waals surface area contributed by atoms with Crippen LogP contribution in [0.1, 0.15) is 54.8 Å². The number of amides is 1. The summed E-state index contributed by atoms with van der Waals surface area (Å²) in [7, 11) is 0. The summed E-state index contributed by atoms with van der Waals surface area (Å²) in [6.45, 7) is 5.44. The summed E-state index contributed by atoms with van der Waals surface area (Å²) < 4.78 is 5.13. The summed E-state index contributed by atoms with van der Waals surface area (Å²) in [4.78, 5) is 24.2. The van der Waals surface area contributed by atoms with Gasteiger partial charge in [0, 0.05) is 17.7 Å². The summed E-state index contributed by atoms with van der Waals surface area (Å²) in [6, 6.07) is 12.5. The number of alkyl carbamates (subject to hydrolysis) is 1. The maximum Gasteiger partial charge on any atom is 0.407 e. The minimum atomic E-state index is -1.16. The lowest BCUT2D eigenvalue weighted by atomic mass is 9.97. The third-order valence-electron chi connectivity index (χ3n) is 4.56. The summed E-state index contributed by atoms with van der Waals surface area (Å²) in [5.41, 5.74) is 2.74. The van der Waals surface area contributed by atoms with Crippen molar-refractivity contribution in [3.8, 4) is 11.1 Å². The molecule has 0 radical (unpaired) electrons. The second-order valence-corrected chi connectivity index (χ2v) is 7.91. The van der Waals surface area contributed by atoms with Crippen LogP contribution in [0.25, 0.3) is 11.1 Å². The fourth-order valence-electron chi connectivity index (χ4n) is 3.25. The zero-order valence-corrected chi connectivity index (χ0v) is 16.2. The highest BCUT2D eigenvalue weighted by molar-refractivity contribution is 6.21. The topological polar surface area (TPSA) is 95.9 Å². The number of aliphatic hydroxyl groups is 2. The average Bonchev–Trinajstić information content (AvgIpc) is 2.92. The fourth-order valence-corrected chi connectivity index (χ4v) is 3.25. The molecule has 2 unspecified atom stereocenters. The molecule has 148 valence electrons. The molecule has 0 aromatic heterocycles. The van der Waals surface area contributed by atoms with E-state index in [2.05, 4.69) is 5.32 Å². The van der Waals surface area contributed by atoms with Crippen molar-refractivity contribution in [2.75, 3.05) is 6.54 Å². The van der Waals surface area contributed by atoms with E-state index in [0.29, 0.717) is 16.7 Å². The number of nitrogens with one attached hydrogen (secondary N) is 1. The minimum absolute atomic E-state index is 0.0827. The number of fused-ring (bicyclic) bond motifs is 3. The van der Waals surface area contributed by atoms with Crippen LogP contribution >= 0.6 is 0 Å². The van der Waals surface area contributed by atoms with Gasteiger partial charge in [-0.05, 0) is 49.9 Å². The van der Waals surface area contributed by atoms with Gasteiger partial charge in [0.15, 0.2) is 5.78 Å². The van der Waals surface area contributed by atoms with Gasteiger partial charge in [0.2, 0.25) is 0 Å². The number of hydrogen-bond donors (Lipinski definition) is 3. The smallest absolute Gasteiger partial charge is 0.407 e. The molecular formula is C22H25NO5. The number of aliphatic hydroxyl groups excluding tert-OH is 2. The van der Waals surface area contributed by atoms with Gasteiger partial charge in [-0.2, -0.15) is 0 Å². The summed E-state index contributed by atoms with van der Waals surface area (Å²) in [5.74, 6) is -0.0827. The first-order chi connectivity index (χ1) is 13.2. The van der Waals surface area contributed by atoms with Crippen LogP contribution in [0.3, 0.4) is 0 Å². The van der Waals surface area contributed by atoms with Crippen molar-refractivity contribution in [2.24, 2.45) is 0 Å². The number of ether oxygens (including phenoxy) is 1. The molecule has 6 nitrogen and oxygen atoms in total. The molecule has 0 heterocycles. The van der Waals surface area contributed by atoms with Crippen molar-refractivity contribution in [3.05, 3.63) is 59.2 Å². The molecule has 0 bridgehead atoms. The molecule has 0 saturated carbocycles. The molecule has 3 rings (SSSR count). The van der Waals surface area contributed by atoms with Gasteiger partial charge in [-0.25, -0.2) is 4.79 Å². The molecule has 2 aromatic rings. The lowest BCUT2D eigenvalue weighted by Gasteiger charge is -2.21.